The fourth-order valence-corrected chi connectivity index (χ4v) is 2.53. The molecular weight excluding hydrogens is 311 g/mol. The fourth-order valence-electron chi connectivity index (χ4n) is 2.53. The Hall–Kier alpha value is -2.56. The molecule has 0 spiro atoms. The molecule has 5 nitrogen and oxygen atoms in total. The third-order valence-electron chi connectivity index (χ3n) is 3.82. The van der Waals surface area contributed by atoms with Crippen LogP contribution in [0, 0.1) is 11.3 Å². The highest BCUT2D eigenvalue weighted by molar-refractivity contribution is 5.90. The van der Waals surface area contributed by atoms with Gasteiger partial charge >= 0.3 is 6.18 Å². The quantitative estimate of drug-likeness (QED) is 0.921. The largest absolute Gasteiger partial charge is 0.417 e. The number of nitrogens with one attached hydrogen (secondary N) is 1. The smallest absolute Gasteiger partial charge is 0.350 e. The van der Waals surface area contributed by atoms with Gasteiger partial charge in [-0.25, -0.2) is 0 Å². The van der Waals surface area contributed by atoms with Gasteiger partial charge in [0, 0.05) is 20.0 Å². The highest BCUT2D eigenvalue weighted by Gasteiger charge is 2.35. The van der Waals surface area contributed by atoms with Gasteiger partial charge in [-0.3, -0.25) is 9.59 Å². The third-order valence-corrected chi connectivity index (χ3v) is 3.82. The first kappa shape index (κ1) is 16.8. The summed E-state index contributed by atoms with van der Waals surface area (Å²) in [5.74, 6) is -0.596. The highest BCUT2D eigenvalue weighted by atomic mass is 19.4. The third kappa shape index (κ3) is 3.44. The van der Waals surface area contributed by atoms with Crippen LogP contribution < -0.4 is 5.32 Å². The summed E-state index contributed by atoms with van der Waals surface area (Å²) in [4.78, 5) is 24.8. The van der Waals surface area contributed by atoms with Crippen molar-refractivity contribution in [1.29, 1.82) is 5.26 Å². The molecule has 1 aromatic rings. The molecule has 122 valence electrons. The molecule has 1 aromatic carbocycles. The van der Waals surface area contributed by atoms with E-state index in [1.54, 1.807) is 6.07 Å². The molecule has 0 aliphatic carbocycles. The van der Waals surface area contributed by atoms with Gasteiger partial charge in [-0.15, -0.1) is 0 Å². The molecule has 0 bridgehead atoms. The number of likely N-dealkylation sites (N-methyl/N-ethyl adjacent to an activating group) is 1. The van der Waals surface area contributed by atoms with Crippen LogP contribution in [0.3, 0.4) is 0 Å². The molecule has 1 atom stereocenters. The monoisotopic (exact) mass is 325 g/mol. The van der Waals surface area contributed by atoms with Crippen molar-refractivity contribution in [3.05, 3.63) is 34.9 Å². The van der Waals surface area contributed by atoms with E-state index in [4.69, 9.17) is 5.26 Å². The maximum Gasteiger partial charge on any atom is 0.417 e. The topological polar surface area (TPSA) is 73.2 Å². The predicted octanol–water partition coefficient (Wildman–Crippen LogP) is 1.81. The minimum absolute atomic E-state index is 0.0858. The molecule has 1 N–H and O–H groups in total. The van der Waals surface area contributed by atoms with E-state index in [0.29, 0.717) is 6.42 Å². The zero-order chi connectivity index (χ0) is 17.2. The van der Waals surface area contributed by atoms with Crippen LogP contribution in [0.4, 0.5) is 13.2 Å². The number of hydrogen-bond donors (Lipinski definition) is 1. The van der Waals surface area contributed by atoms with Crippen molar-refractivity contribution in [2.24, 2.45) is 0 Å². The Morgan fingerprint density at radius 2 is 2.17 bits per heavy atom. The van der Waals surface area contributed by atoms with Gasteiger partial charge in [0.25, 0.3) is 0 Å². The average molecular weight is 325 g/mol. The van der Waals surface area contributed by atoms with Gasteiger partial charge < -0.3 is 10.2 Å². The summed E-state index contributed by atoms with van der Waals surface area (Å²) in [6.07, 6.45) is -4.00. The SMILES string of the molecule is CN1C(=O)CC[C@H]1C(=O)NCc1cccc(C(F)(F)F)c1C#N. The predicted molar refractivity (Wildman–Crippen MR) is 73.8 cm³/mol. The lowest BCUT2D eigenvalue weighted by molar-refractivity contribution is -0.137. The molecule has 2 amide bonds. The Morgan fingerprint density at radius 1 is 1.48 bits per heavy atom. The average Bonchev–Trinajstić information content (AvgIpc) is 2.83. The van der Waals surface area contributed by atoms with Crippen molar-refractivity contribution in [2.75, 3.05) is 7.05 Å². The number of rotatable bonds is 3. The normalized spacial score (nSPS) is 18.0. The number of halogens is 3. The van der Waals surface area contributed by atoms with E-state index in [0.717, 1.165) is 6.07 Å². The minimum Gasteiger partial charge on any atom is -0.350 e. The van der Waals surface area contributed by atoms with Crippen molar-refractivity contribution < 1.29 is 22.8 Å². The van der Waals surface area contributed by atoms with Gasteiger partial charge in [-0.05, 0) is 18.1 Å². The molecule has 1 saturated heterocycles. The summed E-state index contributed by atoms with van der Waals surface area (Å²) in [7, 11) is 1.50. The van der Waals surface area contributed by atoms with Crippen LogP contribution in [0.25, 0.3) is 0 Å². The van der Waals surface area contributed by atoms with E-state index < -0.39 is 29.3 Å². The lowest BCUT2D eigenvalue weighted by Gasteiger charge is -2.19. The van der Waals surface area contributed by atoms with Crippen LogP contribution in [0.1, 0.15) is 29.5 Å². The first-order valence-electron chi connectivity index (χ1n) is 6.88. The second kappa shape index (κ2) is 6.28. The Morgan fingerprint density at radius 3 is 2.70 bits per heavy atom. The van der Waals surface area contributed by atoms with E-state index in [-0.39, 0.29) is 24.4 Å². The van der Waals surface area contributed by atoms with Crippen molar-refractivity contribution in [3.8, 4) is 6.07 Å². The maximum atomic E-state index is 12.9. The minimum atomic E-state index is -4.64. The standard InChI is InChI=1S/C15H14F3N3O2/c1-21-12(5-6-13(21)22)14(23)20-8-9-3-2-4-11(10(9)7-19)15(16,17)18/h2-4,12H,5-6,8H2,1H3,(H,20,23)/t12-/m0/s1. The second-order valence-electron chi connectivity index (χ2n) is 5.23. The number of likely N-dealkylation sites (tertiary alicyclic amines) is 1. The summed E-state index contributed by atoms with van der Waals surface area (Å²) >= 11 is 0. The first-order valence-corrected chi connectivity index (χ1v) is 6.88. The molecule has 1 fully saturated rings. The number of alkyl halides is 3. The summed E-state index contributed by atoms with van der Waals surface area (Å²) in [6, 6.07) is 4.29. The number of carbonyl (C=O) groups is 2. The molecule has 23 heavy (non-hydrogen) atoms. The van der Waals surface area contributed by atoms with E-state index in [1.807, 2.05) is 0 Å². The van der Waals surface area contributed by atoms with Crippen LogP contribution in [-0.2, 0) is 22.3 Å². The van der Waals surface area contributed by atoms with E-state index in [9.17, 15) is 22.8 Å². The van der Waals surface area contributed by atoms with Crippen LogP contribution >= 0.6 is 0 Å². The summed E-state index contributed by atoms with van der Waals surface area (Å²) in [6.45, 7) is -0.204. The molecule has 1 aliphatic heterocycles. The van der Waals surface area contributed by atoms with Crippen molar-refractivity contribution >= 4 is 11.8 Å². The lowest BCUT2D eigenvalue weighted by atomic mass is 10.0. The Labute approximate surface area is 130 Å². The van der Waals surface area contributed by atoms with Gasteiger partial charge in [0.2, 0.25) is 11.8 Å². The zero-order valence-corrected chi connectivity index (χ0v) is 12.3. The van der Waals surface area contributed by atoms with E-state index in [2.05, 4.69) is 5.32 Å². The Kier molecular flexibility index (Phi) is 4.59. The molecule has 0 saturated carbocycles. The number of hydrogen-bond acceptors (Lipinski definition) is 3. The number of benzene rings is 1. The van der Waals surface area contributed by atoms with Crippen molar-refractivity contribution in [2.45, 2.75) is 31.6 Å². The van der Waals surface area contributed by atoms with Crippen molar-refractivity contribution in [3.63, 3.8) is 0 Å². The Bertz CT molecular complexity index is 680. The van der Waals surface area contributed by atoms with Gasteiger partial charge in [0.15, 0.2) is 0 Å². The summed E-state index contributed by atoms with van der Waals surface area (Å²) in [5.41, 5.74) is -1.45. The van der Waals surface area contributed by atoms with Gasteiger partial charge in [0.1, 0.15) is 12.1 Å². The molecule has 8 heteroatoms. The molecule has 2 rings (SSSR count). The van der Waals surface area contributed by atoms with Crippen LogP contribution in [0.5, 0.6) is 0 Å². The van der Waals surface area contributed by atoms with Crippen LogP contribution in [0.2, 0.25) is 0 Å². The lowest BCUT2D eigenvalue weighted by Crippen LogP contribution is -2.42. The number of carbonyl (C=O) groups excluding carboxylic acids is 2. The maximum absolute atomic E-state index is 12.9. The molecular formula is C15H14F3N3O2. The Balaban J connectivity index is 2.14. The molecule has 0 aromatic heterocycles. The van der Waals surface area contributed by atoms with E-state index in [1.165, 1.54) is 24.1 Å². The summed E-state index contributed by atoms with van der Waals surface area (Å²) < 4.78 is 38.6. The number of amides is 2. The van der Waals surface area contributed by atoms with Gasteiger partial charge in [-0.1, -0.05) is 12.1 Å². The zero-order valence-electron chi connectivity index (χ0n) is 12.3. The second-order valence-corrected chi connectivity index (χ2v) is 5.23. The van der Waals surface area contributed by atoms with Gasteiger partial charge in [-0.2, -0.15) is 18.4 Å². The number of nitrogens with zero attached hydrogens (tertiary/aromatic N) is 2. The first-order chi connectivity index (χ1) is 10.8. The summed E-state index contributed by atoms with van der Waals surface area (Å²) in [5, 5.41) is 11.5. The van der Waals surface area contributed by atoms with Crippen LogP contribution in [0.15, 0.2) is 18.2 Å². The molecule has 0 radical (unpaired) electrons. The molecule has 0 unspecified atom stereocenters. The number of nitriles is 1. The van der Waals surface area contributed by atoms with E-state index >= 15 is 0 Å². The van der Waals surface area contributed by atoms with Crippen LogP contribution in [-0.4, -0.2) is 29.8 Å². The van der Waals surface area contributed by atoms with Crippen molar-refractivity contribution in [1.82, 2.24) is 10.2 Å². The molecule has 1 heterocycles. The highest BCUT2D eigenvalue weighted by Crippen LogP contribution is 2.33. The fraction of sp³-hybridized carbons (Fsp3) is 0.400. The molecule has 1 aliphatic rings. The van der Waals surface area contributed by atoms with Gasteiger partial charge in [0.05, 0.1) is 11.1 Å².